The zero-order chi connectivity index (χ0) is 8.74. The van der Waals surface area contributed by atoms with E-state index in [2.05, 4.69) is 15.9 Å². The second kappa shape index (κ2) is 6.18. The van der Waals surface area contributed by atoms with Gasteiger partial charge < -0.3 is 9.05 Å². The molecule has 0 aliphatic carbocycles. The van der Waals surface area contributed by atoms with Crippen LogP contribution in [0.2, 0.25) is 0 Å². The van der Waals surface area contributed by atoms with Gasteiger partial charge in [-0.1, -0.05) is 22.9 Å². The van der Waals surface area contributed by atoms with Crippen LogP contribution in [0.4, 0.5) is 0 Å². The van der Waals surface area contributed by atoms with E-state index in [-0.39, 0.29) is 0 Å². The molecule has 0 saturated carbocycles. The first-order valence-electron chi connectivity index (χ1n) is 3.62. The maximum absolute atomic E-state index is 11.5. The van der Waals surface area contributed by atoms with E-state index < -0.39 is 7.60 Å². The fraction of sp³-hybridized carbons (Fsp3) is 1.00. The topological polar surface area (TPSA) is 35.5 Å². The minimum absolute atomic E-state index is 0.436. The van der Waals surface area contributed by atoms with Crippen LogP contribution in [0.25, 0.3) is 0 Å². The molecule has 0 aromatic carbocycles. The molecule has 1 atom stereocenters. The molecule has 0 bridgehead atoms. The summed E-state index contributed by atoms with van der Waals surface area (Å²) in [5.41, 5.74) is 0. The molecular formula is C6H14BrO3P. The standard InChI is InChI=1S/C6H14BrO3P/c1-3-9-11(8,4-2)10-6-5-7/h3-6H2,1-2H3/t11-/m0/s1. The molecule has 68 valence electrons. The van der Waals surface area contributed by atoms with E-state index in [0.717, 1.165) is 0 Å². The lowest BCUT2D eigenvalue weighted by Gasteiger charge is -2.14. The zero-order valence-corrected chi connectivity index (χ0v) is 9.36. The van der Waals surface area contributed by atoms with Crippen LogP contribution in [0.1, 0.15) is 13.8 Å². The lowest BCUT2D eigenvalue weighted by molar-refractivity contribution is 0.223. The van der Waals surface area contributed by atoms with Gasteiger partial charge in [0.05, 0.1) is 13.2 Å². The summed E-state index contributed by atoms with van der Waals surface area (Å²) >= 11 is 3.18. The van der Waals surface area contributed by atoms with Crippen molar-refractivity contribution in [2.24, 2.45) is 0 Å². The van der Waals surface area contributed by atoms with Gasteiger partial charge in [0.2, 0.25) is 0 Å². The summed E-state index contributed by atoms with van der Waals surface area (Å²) in [5.74, 6) is 0. The monoisotopic (exact) mass is 244 g/mol. The third-order valence-electron chi connectivity index (χ3n) is 1.08. The lowest BCUT2D eigenvalue weighted by atomic mass is 10.9. The van der Waals surface area contributed by atoms with E-state index in [4.69, 9.17) is 9.05 Å². The summed E-state index contributed by atoms with van der Waals surface area (Å²) < 4.78 is 21.5. The largest absolute Gasteiger partial charge is 0.330 e. The Balaban J connectivity index is 3.79. The molecule has 0 amide bonds. The van der Waals surface area contributed by atoms with Crippen LogP contribution >= 0.6 is 23.5 Å². The second-order valence-corrected chi connectivity index (χ2v) is 5.03. The van der Waals surface area contributed by atoms with E-state index in [1.54, 1.807) is 13.8 Å². The van der Waals surface area contributed by atoms with Gasteiger partial charge in [-0.15, -0.1) is 0 Å². The Morgan fingerprint density at radius 3 is 2.36 bits per heavy atom. The molecule has 0 spiro atoms. The zero-order valence-electron chi connectivity index (χ0n) is 6.88. The molecule has 0 aromatic rings. The van der Waals surface area contributed by atoms with Gasteiger partial charge in [-0.05, 0) is 6.92 Å². The number of hydrogen-bond acceptors (Lipinski definition) is 3. The smallest absolute Gasteiger partial charge is 0.309 e. The van der Waals surface area contributed by atoms with Crippen molar-refractivity contribution in [2.45, 2.75) is 13.8 Å². The van der Waals surface area contributed by atoms with Gasteiger partial charge in [-0.25, -0.2) is 0 Å². The van der Waals surface area contributed by atoms with Gasteiger partial charge in [0, 0.05) is 11.5 Å². The highest BCUT2D eigenvalue weighted by Crippen LogP contribution is 2.47. The molecular weight excluding hydrogens is 231 g/mol. The van der Waals surface area contributed by atoms with E-state index in [9.17, 15) is 4.57 Å². The Bertz CT molecular complexity index is 140. The van der Waals surface area contributed by atoms with Crippen LogP contribution in [0, 0.1) is 0 Å². The van der Waals surface area contributed by atoms with Crippen LogP contribution in [0.5, 0.6) is 0 Å². The Morgan fingerprint density at radius 2 is 2.00 bits per heavy atom. The van der Waals surface area contributed by atoms with Crippen molar-refractivity contribution in [1.29, 1.82) is 0 Å². The highest BCUT2D eigenvalue weighted by atomic mass is 79.9. The van der Waals surface area contributed by atoms with Crippen molar-refractivity contribution in [3.63, 3.8) is 0 Å². The first-order chi connectivity index (χ1) is 5.18. The molecule has 0 unspecified atom stereocenters. The summed E-state index contributed by atoms with van der Waals surface area (Å²) in [5, 5.41) is 0.685. The third-order valence-corrected chi connectivity index (χ3v) is 3.40. The van der Waals surface area contributed by atoms with Crippen molar-refractivity contribution in [1.82, 2.24) is 0 Å². The minimum atomic E-state index is -2.75. The number of alkyl halides is 1. The maximum Gasteiger partial charge on any atom is 0.330 e. The summed E-state index contributed by atoms with van der Waals surface area (Å²) in [6.07, 6.45) is 0.438. The first kappa shape index (κ1) is 11.6. The highest BCUT2D eigenvalue weighted by Gasteiger charge is 2.19. The minimum Gasteiger partial charge on any atom is -0.309 e. The SMILES string of the molecule is CCO[P@@](=O)(CC)OCCBr. The van der Waals surface area contributed by atoms with Gasteiger partial charge in [-0.2, -0.15) is 0 Å². The highest BCUT2D eigenvalue weighted by molar-refractivity contribution is 9.09. The predicted octanol–water partition coefficient (Wildman–Crippen LogP) is 2.65. The van der Waals surface area contributed by atoms with Crippen molar-refractivity contribution < 1.29 is 13.6 Å². The van der Waals surface area contributed by atoms with Crippen LogP contribution in [0.3, 0.4) is 0 Å². The summed E-state index contributed by atoms with van der Waals surface area (Å²) in [4.78, 5) is 0. The molecule has 0 heterocycles. The molecule has 0 N–H and O–H groups in total. The Hall–Kier alpha value is 0.630. The summed E-state index contributed by atoms with van der Waals surface area (Å²) in [7, 11) is -2.75. The van der Waals surface area contributed by atoms with E-state index in [1.165, 1.54) is 0 Å². The maximum atomic E-state index is 11.5. The van der Waals surface area contributed by atoms with Crippen molar-refractivity contribution in [3.05, 3.63) is 0 Å². The van der Waals surface area contributed by atoms with E-state index in [0.29, 0.717) is 24.7 Å². The molecule has 0 aliphatic rings. The molecule has 3 nitrogen and oxygen atoms in total. The van der Waals surface area contributed by atoms with Crippen molar-refractivity contribution >= 4 is 23.5 Å². The number of hydrogen-bond donors (Lipinski definition) is 0. The van der Waals surface area contributed by atoms with Crippen LogP contribution in [-0.2, 0) is 13.6 Å². The first-order valence-corrected chi connectivity index (χ1v) is 6.47. The van der Waals surface area contributed by atoms with E-state index in [1.807, 2.05) is 0 Å². The summed E-state index contributed by atoms with van der Waals surface area (Å²) in [6.45, 7) is 4.48. The molecule has 0 radical (unpaired) electrons. The fourth-order valence-corrected chi connectivity index (χ4v) is 2.20. The number of rotatable bonds is 6. The summed E-state index contributed by atoms with van der Waals surface area (Å²) in [6, 6.07) is 0. The van der Waals surface area contributed by atoms with Crippen molar-refractivity contribution in [3.8, 4) is 0 Å². The van der Waals surface area contributed by atoms with Crippen LogP contribution < -0.4 is 0 Å². The van der Waals surface area contributed by atoms with Crippen molar-refractivity contribution in [2.75, 3.05) is 24.7 Å². The van der Waals surface area contributed by atoms with Gasteiger partial charge in [-0.3, -0.25) is 4.57 Å². The third kappa shape index (κ3) is 4.96. The van der Waals surface area contributed by atoms with Gasteiger partial charge in [0.15, 0.2) is 0 Å². The lowest BCUT2D eigenvalue weighted by Crippen LogP contribution is -1.99. The quantitative estimate of drug-likeness (QED) is 0.533. The van der Waals surface area contributed by atoms with Crippen LogP contribution in [-0.4, -0.2) is 24.7 Å². The molecule has 11 heavy (non-hydrogen) atoms. The van der Waals surface area contributed by atoms with Gasteiger partial charge in [0.1, 0.15) is 0 Å². The normalized spacial score (nSPS) is 16.3. The molecule has 0 aromatic heterocycles. The van der Waals surface area contributed by atoms with Gasteiger partial charge in [0.25, 0.3) is 0 Å². The Morgan fingerprint density at radius 1 is 1.36 bits per heavy atom. The Kier molecular flexibility index (Phi) is 6.53. The fourth-order valence-electron chi connectivity index (χ4n) is 0.590. The Labute approximate surface area is 76.1 Å². The molecule has 0 saturated heterocycles. The molecule has 5 heteroatoms. The average molecular weight is 245 g/mol. The number of halogens is 1. The van der Waals surface area contributed by atoms with E-state index >= 15 is 0 Å². The van der Waals surface area contributed by atoms with Gasteiger partial charge >= 0.3 is 7.60 Å². The average Bonchev–Trinajstić information content (AvgIpc) is 2.02. The molecule has 0 aliphatic heterocycles. The second-order valence-electron chi connectivity index (χ2n) is 1.87. The molecule has 0 fully saturated rings. The molecule has 0 rings (SSSR count). The van der Waals surface area contributed by atoms with Crippen LogP contribution in [0.15, 0.2) is 0 Å². The predicted molar refractivity (Wildman–Crippen MR) is 49.5 cm³/mol.